The van der Waals surface area contributed by atoms with Gasteiger partial charge in [-0.25, -0.2) is 9.78 Å². The van der Waals surface area contributed by atoms with Gasteiger partial charge in [0.15, 0.2) is 0 Å². The molecule has 3 rings (SSSR count). The second-order valence-electron chi connectivity index (χ2n) is 6.29. The van der Waals surface area contributed by atoms with E-state index in [2.05, 4.69) is 9.72 Å². The van der Waals surface area contributed by atoms with E-state index in [9.17, 15) is 22.8 Å². The Hall–Kier alpha value is -3.58. The predicted octanol–water partition coefficient (Wildman–Crippen LogP) is 4.37. The van der Waals surface area contributed by atoms with Crippen LogP contribution >= 0.6 is 11.8 Å². The smallest absolute Gasteiger partial charge is 0.416 e. The number of nitriles is 1. The number of benzene rings is 1. The van der Waals surface area contributed by atoms with E-state index < -0.39 is 23.3 Å². The predicted molar refractivity (Wildman–Crippen MR) is 106 cm³/mol. The Kier molecular flexibility index (Phi) is 6.17. The topological polar surface area (TPSA) is 85.0 Å². The molecule has 31 heavy (non-hydrogen) atoms. The lowest BCUT2D eigenvalue weighted by Crippen LogP contribution is -2.28. The van der Waals surface area contributed by atoms with Crippen molar-refractivity contribution >= 4 is 17.7 Å². The van der Waals surface area contributed by atoms with Crippen LogP contribution in [0.3, 0.4) is 0 Å². The molecule has 2 heterocycles. The number of carbonyl (C=O) groups excluding carboxylic acids is 1. The Morgan fingerprint density at radius 3 is 2.55 bits per heavy atom. The second-order valence-corrected chi connectivity index (χ2v) is 7.35. The highest BCUT2D eigenvalue weighted by Crippen LogP contribution is 2.33. The van der Waals surface area contributed by atoms with Crippen molar-refractivity contribution in [1.82, 2.24) is 9.55 Å². The number of esters is 1. The molecule has 6 nitrogen and oxygen atoms in total. The maximum atomic E-state index is 13.2. The van der Waals surface area contributed by atoms with Crippen molar-refractivity contribution in [3.05, 3.63) is 81.4 Å². The fourth-order valence-corrected chi connectivity index (χ4v) is 3.67. The number of methoxy groups -OCH3 is 1. The van der Waals surface area contributed by atoms with E-state index in [4.69, 9.17) is 5.26 Å². The molecule has 0 atom stereocenters. The first-order valence-electron chi connectivity index (χ1n) is 8.72. The third-order valence-electron chi connectivity index (χ3n) is 4.32. The summed E-state index contributed by atoms with van der Waals surface area (Å²) in [6, 6.07) is 10.7. The molecule has 2 aromatic heterocycles. The lowest BCUT2D eigenvalue weighted by atomic mass is 10.1. The molecule has 1 aromatic carbocycles. The van der Waals surface area contributed by atoms with E-state index in [0.717, 1.165) is 35.6 Å². The van der Waals surface area contributed by atoms with Crippen molar-refractivity contribution in [2.24, 2.45) is 0 Å². The van der Waals surface area contributed by atoms with Crippen LogP contribution in [0, 0.1) is 18.3 Å². The van der Waals surface area contributed by atoms with Crippen molar-refractivity contribution in [3.8, 4) is 11.8 Å². The zero-order valence-electron chi connectivity index (χ0n) is 16.2. The summed E-state index contributed by atoms with van der Waals surface area (Å²) in [5.74, 6) is -0.916. The van der Waals surface area contributed by atoms with Gasteiger partial charge in [0.2, 0.25) is 0 Å². The molecule has 0 amide bonds. The highest BCUT2D eigenvalue weighted by molar-refractivity contribution is 7.99. The van der Waals surface area contributed by atoms with E-state index in [1.54, 1.807) is 19.1 Å². The third-order valence-corrected chi connectivity index (χ3v) is 5.40. The van der Waals surface area contributed by atoms with Gasteiger partial charge in [-0.3, -0.25) is 9.36 Å². The van der Waals surface area contributed by atoms with Crippen molar-refractivity contribution in [1.29, 1.82) is 5.26 Å². The van der Waals surface area contributed by atoms with Gasteiger partial charge in [-0.2, -0.15) is 18.4 Å². The highest BCUT2D eigenvalue weighted by Gasteiger charge is 2.31. The van der Waals surface area contributed by atoms with Gasteiger partial charge in [0, 0.05) is 22.5 Å². The molecule has 0 aliphatic carbocycles. The Morgan fingerprint density at radius 2 is 1.97 bits per heavy atom. The van der Waals surface area contributed by atoms with Crippen LogP contribution in [0.1, 0.15) is 27.2 Å². The Labute approximate surface area is 178 Å². The number of pyridine rings is 2. The van der Waals surface area contributed by atoms with Gasteiger partial charge in [0.25, 0.3) is 5.56 Å². The van der Waals surface area contributed by atoms with Crippen LogP contribution in [0.15, 0.2) is 63.4 Å². The van der Waals surface area contributed by atoms with Gasteiger partial charge in [-0.1, -0.05) is 17.8 Å². The normalized spacial score (nSPS) is 11.1. The highest BCUT2D eigenvalue weighted by atomic mass is 32.2. The summed E-state index contributed by atoms with van der Waals surface area (Å²) in [6.07, 6.45) is -3.24. The van der Waals surface area contributed by atoms with Gasteiger partial charge in [0.05, 0.1) is 18.2 Å². The van der Waals surface area contributed by atoms with Crippen LogP contribution in [-0.2, 0) is 10.9 Å². The van der Waals surface area contributed by atoms with Crippen LogP contribution in [0.5, 0.6) is 0 Å². The summed E-state index contributed by atoms with van der Waals surface area (Å²) in [5.41, 5.74) is -1.44. The first-order valence-corrected chi connectivity index (χ1v) is 9.54. The molecule has 10 heteroatoms. The van der Waals surface area contributed by atoms with E-state index in [0.29, 0.717) is 21.2 Å². The fourth-order valence-electron chi connectivity index (χ4n) is 2.79. The van der Waals surface area contributed by atoms with Crippen LogP contribution in [-0.4, -0.2) is 22.6 Å². The second kappa shape index (κ2) is 8.65. The van der Waals surface area contributed by atoms with Crippen molar-refractivity contribution < 1.29 is 22.7 Å². The maximum Gasteiger partial charge on any atom is 0.416 e. The number of halogens is 3. The van der Waals surface area contributed by atoms with Crippen LogP contribution < -0.4 is 5.56 Å². The molecule has 0 spiro atoms. The first-order chi connectivity index (χ1) is 14.7. The average Bonchev–Trinajstić information content (AvgIpc) is 2.75. The Bertz CT molecular complexity index is 1250. The van der Waals surface area contributed by atoms with Crippen molar-refractivity contribution in [3.63, 3.8) is 0 Å². The first kappa shape index (κ1) is 22.1. The molecule has 0 unspecified atom stereocenters. The number of ether oxygens (including phenoxy) is 1. The monoisotopic (exact) mass is 445 g/mol. The lowest BCUT2D eigenvalue weighted by Gasteiger charge is -2.17. The summed E-state index contributed by atoms with van der Waals surface area (Å²) in [6.45, 7) is 1.55. The van der Waals surface area contributed by atoms with Gasteiger partial charge < -0.3 is 4.74 Å². The van der Waals surface area contributed by atoms with Gasteiger partial charge in [-0.15, -0.1) is 0 Å². The summed E-state index contributed by atoms with van der Waals surface area (Å²) >= 11 is 1.09. The molecule has 0 aliphatic rings. The zero-order valence-corrected chi connectivity index (χ0v) is 17.0. The van der Waals surface area contributed by atoms with E-state index in [-0.39, 0.29) is 11.3 Å². The molecule has 158 valence electrons. The summed E-state index contributed by atoms with van der Waals surface area (Å²) in [7, 11) is 1.10. The largest absolute Gasteiger partial charge is 0.465 e. The molecule has 0 aliphatic heterocycles. The number of hydrogen-bond donors (Lipinski definition) is 0. The number of aromatic nitrogens is 2. The minimum atomic E-state index is -4.60. The maximum absolute atomic E-state index is 13.2. The minimum Gasteiger partial charge on any atom is -0.465 e. The number of nitrogens with zero attached hydrogens (tertiary/aromatic N) is 3. The Balaban J connectivity index is 2.21. The molecular weight excluding hydrogens is 431 g/mol. The van der Waals surface area contributed by atoms with Gasteiger partial charge >= 0.3 is 12.1 Å². The third kappa shape index (κ3) is 4.62. The SMILES string of the molecule is COC(=O)c1cc(Sc2ccc(C#N)cn2)c(C)n(-c2cccc(C(F)(F)F)c2)c1=O. The van der Waals surface area contributed by atoms with Crippen molar-refractivity contribution in [2.75, 3.05) is 7.11 Å². The Morgan fingerprint density at radius 1 is 1.23 bits per heavy atom. The number of carbonyl (C=O) groups is 1. The van der Waals surface area contributed by atoms with E-state index in [1.807, 2.05) is 6.07 Å². The molecule has 0 radical (unpaired) electrons. The molecule has 0 saturated heterocycles. The summed E-state index contributed by atoms with van der Waals surface area (Å²) in [5, 5.41) is 9.36. The molecular formula is C21H14F3N3O3S. The fraction of sp³-hybridized carbons (Fsp3) is 0.143. The molecule has 3 aromatic rings. The van der Waals surface area contributed by atoms with Crippen LogP contribution in [0.25, 0.3) is 5.69 Å². The number of alkyl halides is 3. The molecule has 0 N–H and O–H groups in total. The van der Waals surface area contributed by atoms with E-state index >= 15 is 0 Å². The average molecular weight is 445 g/mol. The van der Waals surface area contributed by atoms with E-state index in [1.165, 1.54) is 24.4 Å². The van der Waals surface area contributed by atoms with Gasteiger partial charge in [-0.05, 0) is 43.3 Å². The van der Waals surface area contributed by atoms with Gasteiger partial charge in [0.1, 0.15) is 16.7 Å². The lowest BCUT2D eigenvalue weighted by molar-refractivity contribution is -0.137. The summed E-state index contributed by atoms with van der Waals surface area (Å²) in [4.78, 5) is 29.7. The molecule has 0 saturated carbocycles. The molecule has 0 fully saturated rings. The van der Waals surface area contributed by atoms with Crippen LogP contribution in [0.4, 0.5) is 13.2 Å². The van der Waals surface area contributed by atoms with Crippen molar-refractivity contribution in [2.45, 2.75) is 23.0 Å². The quantitative estimate of drug-likeness (QED) is 0.555. The minimum absolute atomic E-state index is 0.0438. The number of hydrogen-bond acceptors (Lipinski definition) is 6. The molecule has 0 bridgehead atoms. The number of rotatable bonds is 4. The van der Waals surface area contributed by atoms with Crippen LogP contribution in [0.2, 0.25) is 0 Å². The zero-order chi connectivity index (χ0) is 22.8. The standard InChI is InChI=1S/C21H14F3N3O3S/c1-12-17(31-18-7-6-13(10-25)11-26-18)9-16(20(29)30-2)19(28)27(12)15-5-3-4-14(8-15)21(22,23)24/h3-9,11H,1-2H3. The summed E-state index contributed by atoms with van der Waals surface area (Å²) < 4.78 is 45.2.